The third kappa shape index (κ3) is 4.39. The minimum atomic E-state index is -0.137. The van der Waals surface area contributed by atoms with E-state index in [4.69, 9.17) is 0 Å². The Morgan fingerprint density at radius 2 is 2.13 bits per heavy atom. The van der Waals surface area contributed by atoms with Gasteiger partial charge in [0.1, 0.15) is 12.2 Å². The molecule has 0 unspecified atom stereocenters. The predicted octanol–water partition coefficient (Wildman–Crippen LogP) is 2.24. The molecule has 0 saturated heterocycles. The van der Waals surface area contributed by atoms with Gasteiger partial charge in [-0.1, -0.05) is 19.1 Å². The van der Waals surface area contributed by atoms with Crippen LogP contribution in [0.15, 0.2) is 30.6 Å². The van der Waals surface area contributed by atoms with Crippen molar-refractivity contribution >= 4 is 5.91 Å². The van der Waals surface area contributed by atoms with Crippen LogP contribution in [0.3, 0.4) is 0 Å². The van der Waals surface area contributed by atoms with E-state index >= 15 is 0 Å². The van der Waals surface area contributed by atoms with Gasteiger partial charge in [-0.2, -0.15) is 5.10 Å². The molecule has 0 fully saturated rings. The summed E-state index contributed by atoms with van der Waals surface area (Å²) in [6.07, 6.45) is 2.30. The van der Waals surface area contributed by atoms with Crippen molar-refractivity contribution in [3.63, 3.8) is 0 Å². The standard InChI is InChI=1S/C17H25N5O/c1-5-15(16-18-12-19-22(16)6-2)20-17(23)14-9-7-8-13(10-14)11-21(3)4/h7-10,12,15H,5-6,11H2,1-4H3,(H,20,23)/t15-/m1/s1. The third-order valence-corrected chi connectivity index (χ3v) is 3.66. The molecule has 0 aliphatic rings. The number of carbonyl (C=O) groups is 1. The van der Waals surface area contributed by atoms with Gasteiger partial charge in [0, 0.05) is 18.7 Å². The van der Waals surface area contributed by atoms with Gasteiger partial charge in [-0.3, -0.25) is 4.79 Å². The van der Waals surface area contributed by atoms with Crippen molar-refractivity contribution in [1.29, 1.82) is 0 Å². The fraction of sp³-hybridized carbons (Fsp3) is 0.471. The molecule has 0 bridgehead atoms. The highest BCUT2D eigenvalue weighted by Crippen LogP contribution is 2.15. The smallest absolute Gasteiger partial charge is 0.251 e. The molecule has 1 aromatic carbocycles. The maximum Gasteiger partial charge on any atom is 0.251 e. The minimum absolute atomic E-state index is 0.0805. The Morgan fingerprint density at radius 3 is 2.78 bits per heavy atom. The lowest BCUT2D eigenvalue weighted by atomic mass is 10.1. The van der Waals surface area contributed by atoms with E-state index < -0.39 is 0 Å². The lowest BCUT2D eigenvalue weighted by Gasteiger charge is -2.17. The van der Waals surface area contributed by atoms with Crippen LogP contribution in [0.5, 0.6) is 0 Å². The summed E-state index contributed by atoms with van der Waals surface area (Å²) >= 11 is 0. The quantitative estimate of drug-likeness (QED) is 0.851. The van der Waals surface area contributed by atoms with E-state index in [9.17, 15) is 4.79 Å². The zero-order valence-electron chi connectivity index (χ0n) is 14.3. The largest absolute Gasteiger partial charge is 0.342 e. The number of aryl methyl sites for hydroxylation is 1. The molecule has 2 rings (SSSR count). The van der Waals surface area contributed by atoms with E-state index in [1.165, 1.54) is 6.33 Å². The number of nitrogens with one attached hydrogen (secondary N) is 1. The Labute approximate surface area is 137 Å². The van der Waals surface area contributed by atoms with Crippen LogP contribution in [-0.4, -0.2) is 39.7 Å². The first kappa shape index (κ1) is 17.1. The number of rotatable bonds is 7. The Morgan fingerprint density at radius 1 is 1.35 bits per heavy atom. The van der Waals surface area contributed by atoms with Crippen molar-refractivity contribution in [1.82, 2.24) is 25.0 Å². The summed E-state index contributed by atoms with van der Waals surface area (Å²) in [5, 5.41) is 7.24. The zero-order valence-corrected chi connectivity index (χ0v) is 14.3. The molecule has 0 aliphatic carbocycles. The molecule has 6 nitrogen and oxygen atoms in total. The second-order valence-corrected chi connectivity index (χ2v) is 5.81. The fourth-order valence-electron chi connectivity index (χ4n) is 2.55. The van der Waals surface area contributed by atoms with Gasteiger partial charge in [-0.05, 0) is 45.1 Å². The first-order chi connectivity index (χ1) is 11.0. The van der Waals surface area contributed by atoms with Gasteiger partial charge in [0.05, 0.1) is 6.04 Å². The number of benzene rings is 1. The molecule has 1 aromatic heterocycles. The van der Waals surface area contributed by atoms with Crippen molar-refractivity contribution in [2.45, 2.75) is 39.4 Å². The van der Waals surface area contributed by atoms with Gasteiger partial charge >= 0.3 is 0 Å². The molecule has 124 valence electrons. The molecule has 1 heterocycles. The summed E-state index contributed by atoms with van der Waals surface area (Å²) in [5.41, 5.74) is 1.79. The lowest BCUT2D eigenvalue weighted by molar-refractivity contribution is 0.0932. The average Bonchev–Trinajstić information content (AvgIpc) is 3.00. The van der Waals surface area contributed by atoms with E-state index in [2.05, 4.69) is 20.3 Å². The summed E-state index contributed by atoms with van der Waals surface area (Å²) in [7, 11) is 4.02. The van der Waals surface area contributed by atoms with Crippen LogP contribution >= 0.6 is 0 Å². The van der Waals surface area contributed by atoms with Crippen molar-refractivity contribution in [3.05, 3.63) is 47.5 Å². The van der Waals surface area contributed by atoms with Crippen molar-refractivity contribution in [2.75, 3.05) is 14.1 Å². The highest BCUT2D eigenvalue weighted by Gasteiger charge is 2.19. The number of aromatic nitrogens is 3. The topological polar surface area (TPSA) is 63.1 Å². The molecule has 1 atom stereocenters. The van der Waals surface area contributed by atoms with Gasteiger partial charge in [0.2, 0.25) is 0 Å². The van der Waals surface area contributed by atoms with Gasteiger partial charge in [-0.25, -0.2) is 9.67 Å². The Hall–Kier alpha value is -2.21. The van der Waals surface area contributed by atoms with Crippen LogP contribution in [0, 0.1) is 0 Å². The van der Waals surface area contributed by atoms with Crippen LogP contribution in [0.4, 0.5) is 0 Å². The van der Waals surface area contributed by atoms with Gasteiger partial charge in [0.15, 0.2) is 0 Å². The summed E-state index contributed by atoms with van der Waals surface area (Å²) in [6.45, 7) is 5.59. The maximum absolute atomic E-state index is 12.6. The second-order valence-electron chi connectivity index (χ2n) is 5.81. The van der Waals surface area contributed by atoms with E-state index in [1.807, 2.05) is 56.9 Å². The number of hydrogen-bond acceptors (Lipinski definition) is 4. The van der Waals surface area contributed by atoms with Crippen LogP contribution in [0.1, 0.15) is 48.1 Å². The average molecular weight is 315 g/mol. The van der Waals surface area contributed by atoms with Crippen LogP contribution < -0.4 is 5.32 Å². The molecular weight excluding hydrogens is 290 g/mol. The van der Waals surface area contributed by atoms with Crippen LogP contribution in [-0.2, 0) is 13.1 Å². The summed E-state index contributed by atoms with van der Waals surface area (Å²) < 4.78 is 1.82. The van der Waals surface area contributed by atoms with Crippen LogP contribution in [0.2, 0.25) is 0 Å². The first-order valence-corrected chi connectivity index (χ1v) is 7.97. The molecular formula is C17H25N5O. The highest BCUT2D eigenvalue weighted by atomic mass is 16.1. The zero-order chi connectivity index (χ0) is 16.8. The molecule has 2 aromatic rings. The van der Waals surface area contributed by atoms with E-state index in [1.54, 1.807) is 0 Å². The van der Waals surface area contributed by atoms with Crippen LogP contribution in [0.25, 0.3) is 0 Å². The maximum atomic E-state index is 12.6. The van der Waals surface area contributed by atoms with Crippen molar-refractivity contribution in [2.24, 2.45) is 0 Å². The summed E-state index contributed by atoms with van der Waals surface area (Å²) in [4.78, 5) is 18.9. The van der Waals surface area contributed by atoms with E-state index in [0.717, 1.165) is 30.9 Å². The Kier molecular flexibility index (Phi) is 5.87. The Bertz CT molecular complexity index is 650. The molecule has 0 saturated carbocycles. The molecule has 0 aliphatic heterocycles. The number of hydrogen-bond donors (Lipinski definition) is 1. The number of nitrogens with zero attached hydrogens (tertiary/aromatic N) is 4. The van der Waals surface area contributed by atoms with Gasteiger partial charge in [-0.15, -0.1) is 0 Å². The summed E-state index contributed by atoms with van der Waals surface area (Å²) in [6, 6.07) is 7.59. The highest BCUT2D eigenvalue weighted by molar-refractivity contribution is 5.94. The molecule has 0 spiro atoms. The first-order valence-electron chi connectivity index (χ1n) is 7.97. The summed E-state index contributed by atoms with van der Waals surface area (Å²) in [5.74, 6) is 0.718. The van der Waals surface area contributed by atoms with Crippen molar-refractivity contribution < 1.29 is 4.79 Å². The lowest BCUT2D eigenvalue weighted by Crippen LogP contribution is -2.30. The fourth-order valence-corrected chi connectivity index (χ4v) is 2.55. The van der Waals surface area contributed by atoms with Gasteiger partial charge < -0.3 is 10.2 Å². The number of amides is 1. The normalized spacial score (nSPS) is 12.4. The predicted molar refractivity (Wildman–Crippen MR) is 90.0 cm³/mol. The number of carbonyl (C=O) groups excluding carboxylic acids is 1. The Balaban J connectivity index is 2.14. The molecule has 1 N–H and O–H groups in total. The molecule has 6 heteroatoms. The third-order valence-electron chi connectivity index (χ3n) is 3.66. The van der Waals surface area contributed by atoms with Gasteiger partial charge in [0.25, 0.3) is 5.91 Å². The molecule has 1 amide bonds. The van der Waals surface area contributed by atoms with E-state index in [-0.39, 0.29) is 11.9 Å². The molecule has 0 radical (unpaired) electrons. The molecule has 23 heavy (non-hydrogen) atoms. The second kappa shape index (κ2) is 7.87. The van der Waals surface area contributed by atoms with Crippen molar-refractivity contribution in [3.8, 4) is 0 Å². The minimum Gasteiger partial charge on any atom is -0.342 e. The monoisotopic (exact) mass is 315 g/mol. The van der Waals surface area contributed by atoms with E-state index in [0.29, 0.717) is 5.56 Å². The SMILES string of the molecule is CC[C@@H](NC(=O)c1cccc(CN(C)C)c1)c1ncnn1CC.